The molecule has 1 N–H and O–H groups in total. The summed E-state index contributed by atoms with van der Waals surface area (Å²) in [6.45, 7) is 2.54. The Morgan fingerprint density at radius 1 is 1.38 bits per heavy atom. The first kappa shape index (κ1) is 16.6. The number of carbonyl (C=O) groups excluding carboxylic acids is 1. The summed E-state index contributed by atoms with van der Waals surface area (Å²) in [4.78, 5) is 14.5. The van der Waals surface area contributed by atoms with Gasteiger partial charge in [0.05, 0.1) is 6.04 Å². The molecular weight excluding hydrogens is 314 g/mol. The number of hydrogen-bond donors (Lipinski definition) is 1. The summed E-state index contributed by atoms with van der Waals surface area (Å²) in [5.74, 6) is -1.89. The van der Waals surface area contributed by atoms with E-state index in [4.69, 9.17) is 0 Å². The number of halogens is 2. The molecule has 3 atom stereocenters. The summed E-state index contributed by atoms with van der Waals surface area (Å²) in [7, 11) is 1.91. The lowest BCUT2D eigenvalue weighted by Gasteiger charge is -2.27. The van der Waals surface area contributed by atoms with E-state index in [1.54, 1.807) is 36.1 Å². The van der Waals surface area contributed by atoms with Crippen molar-refractivity contribution in [3.05, 3.63) is 53.9 Å². The lowest BCUT2D eigenvalue weighted by Crippen LogP contribution is -2.42. The third kappa shape index (κ3) is 3.17. The highest BCUT2D eigenvalue weighted by molar-refractivity contribution is 5.80. The van der Waals surface area contributed by atoms with E-state index in [0.717, 1.165) is 19.0 Å². The Morgan fingerprint density at radius 2 is 2.17 bits per heavy atom. The van der Waals surface area contributed by atoms with Gasteiger partial charge in [-0.2, -0.15) is 5.10 Å². The molecule has 0 radical (unpaired) electrons. The number of likely N-dealkylation sites (N-methyl/N-ethyl adjacent to an activating group) is 1. The second kappa shape index (κ2) is 6.68. The molecule has 128 valence electrons. The maximum Gasteiger partial charge on any atom is 0.244 e. The minimum atomic E-state index is -0.872. The zero-order valence-electron chi connectivity index (χ0n) is 13.6. The molecule has 1 aromatic heterocycles. The summed E-state index contributed by atoms with van der Waals surface area (Å²) in [6, 6.07) is 4.88. The number of aromatic nitrogens is 2. The van der Waals surface area contributed by atoms with Crippen LogP contribution in [0.4, 0.5) is 8.78 Å². The summed E-state index contributed by atoms with van der Waals surface area (Å²) >= 11 is 0. The van der Waals surface area contributed by atoms with Crippen molar-refractivity contribution >= 4 is 5.91 Å². The van der Waals surface area contributed by atoms with Gasteiger partial charge in [-0.25, -0.2) is 8.78 Å². The number of likely N-dealkylation sites (tertiary alicyclic amines) is 1. The smallest absolute Gasteiger partial charge is 0.244 e. The van der Waals surface area contributed by atoms with E-state index >= 15 is 0 Å². The van der Waals surface area contributed by atoms with Gasteiger partial charge < -0.3 is 5.32 Å². The van der Waals surface area contributed by atoms with Crippen molar-refractivity contribution in [2.24, 2.45) is 0 Å². The Balaban J connectivity index is 1.76. The van der Waals surface area contributed by atoms with Gasteiger partial charge in [0.25, 0.3) is 0 Å². The number of hydrogen-bond acceptors (Lipinski definition) is 3. The summed E-state index contributed by atoms with van der Waals surface area (Å²) in [5, 5.41) is 7.10. The molecule has 24 heavy (non-hydrogen) atoms. The first-order chi connectivity index (χ1) is 11.5. The Labute approximate surface area is 139 Å². The molecule has 7 heteroatoms. The van der Waals surface area contributed by atoms with E-state index in [-0.39, 0.29) is 18.0 Å². The van der Waals surface area contributed by atoms with Crippen LogP contribution in [-0.2, 0) is 4.79 Å². The molecule has 0 spiro atoms. The van der Waals surface area contributed by atoms with Gasteiger partial charge in [0.15, 0.2) is 11.6 Å². The molecule has 1 aliphatic rings. The highest BCUT2D eigenvalue weighted by atomic mass is 19.2. The predicted molar refractivity (Wildman–Crippen MR) is 85.2 cm³/mol. The lowest BCUT2D eigenvalue weighted by molar-refractivity contribution is -0.125. The minimum absolute atomic E-state index is 0.147. The highest BCUT2D eigenvalue weighted by Crippen LogP contribution is 2.32. The zero-order valence-corrected chi connectivity index (χ0v) is 13.6. The summed E-state index contributed by atoms with van der Waals surface area (Å²) in [6.07, 6.45) is 4.10. The van der Waals surface area contributed by atoms with Crippen LogP contribution >= 0.6 is 0 Å². The van der Waals surface area contributed by atoms with Crippen molar-refractivity contribution < 1.29 is 13.6 Å². The van der Waals surface area contributed by atoms with Crippen LogP contribution in [0.5, 0.6) is 0 Å². The van der Waals surface area contributed by atoms with E-state index in [2.05, 4.69) is 10.4 Å². The second-order valence-corrected chi connectivity index (χ2v) is 6.16. The van der Waals surface area contributed by atoms with Crippen LogP contribution in [-0.4, -0.2) is 40.2 Å². The van der Waals surface area contributed by atoms with Crippen molar-refractivity contribution in [3.8, 4) is 0 Å². The maximum atomic E-state index is 13.6. The van der Waals surface area contributed by atoms with Crippen LogP contribution in [0.3, 0.4) is 0 Å². The molecular formula is C17H20F2N4O. The van der Waals surface area contributed by atoms with Crippen LogP contribution in [0.15, 0.2) is 36.7 Å². The van der Waals surface area contributed by atoms with Crippen LogP contribution in [0.25, 0.3) is 0 Å². The molecule has 1 aromatic carbocycles. The fourth-order valence-electron chi connectivity index (χ4n) is 3.21. The monoisotopic (exact) mass is 334 g/mol. The fraction of sp³-hybridized carbons (Fsp3) is 0.412. The normalized spacial score (nSPS) is 22.5. The number of nitrogens with zero attached hydrogens (tertiary/aromatic N) is 3. The number of carbonyl (C=O) groups is 1. The van der Waals surface area contributed by atoms with Gasteiger partial charge in [0.2, 0.25) is 5.91 Å². The first-order valence-corrected chi connectivity index (χ1v) is 7.92. The van der Waals surface area contributed by atoms with Gasteiger partial charge in [0.1, 0.15) is 6.04 Å². The molecule has 2 aromatic rings. The van der Waals surface area contributed by atoms with Crippen molar-refractivity contribution in [2.75, 3.05) is 13.6 Å². The second-order valence-electron chi connectivity index (χ2n) is 6.16. The topological polar surface area (TPSA) is 50.2 Å². The Hall–Kier alpha value is -2.28. The van der Waals surface area contributed by atoms with Gasteiger partial charge in [0, 0.05) is 25.0 Å². The number of amides is 1. The molecule has 0 bridgehead atoms. The van der Waals surface area contributed by atoms with Gasteiger partial charge in [-0.05, 0) is 44.2 Å². The van der Waals surface area contributed by atoms with E-state index in [1.807, 2.05) is 11.9 Å². The summed E-state index contributed by atoms with van der Waals surface area (Å²) in [5.41, 5.74) is 0.658. The lowest BCUT2D eigenvalue weighted by atomic mass is 9.99. The van der Waals surface area contributed by atoms with Crippen molar-refractivity contribution in [2.45, 2.75) is 31.5 Å². The Morgan fingerprint density at radius 3 is 2.83 bits per heavy atom. The average molecular weight is 334 g/mol. The largest absolute Gasteiger partial charge is 0.350 e. The van der Waals surface area contributed by atoms with Crippen molar-refractivity contribution in [1.82, 2.24) is 20.0 Å². The van der Waals surface area contributed by atoms with E-state index in [9.17, 15) is 13.6 Å². The van der Waals surface area contributed by atoms with Crippen molar-refractivity contribution in [3.63, 3.8) is 0 Å². The predicted octanol–water partition coefficient (Wildman–Crippen LogP) is 2.28. The van der Waals surface area contributed by atoms with Gasteiger partial charge in [-0.3, -0.25) is 14.4 Å². The Kier molecular flexibility index (Phi) is 4.62. The van der Waals surface area contributed by atoms with Crippen LogP contribution in [0.2, 0.25) is 0 Å². The number of rotatable bonds is 4. The molecule has 0 saturated carbocycles. The van der Waals surface area contributed by atoms with Crippen LogP contribution in [0, 0.1) is 11.6 Å². The molecule has 1 saturated heterocycles. The van der Waals surface area contributed by atoms with Crippen molar-refractivity contribution in [1.29, 1.82) is 0 Å². The van der Waals surface area contributed by atoms with Crippen LogP contribution < -0.4 is 5.32 Å². The minimum Gasteiger partial charge on any atom is -0.350 e. The zero-order chi connectivity index (χ0) is 17.3. The highest BCUT2D eigenvalue weighted by Gasteiger charge is 2.35. The van der Waals surface area contributed by atoms with Crippen LogP contribution in [0.1, 0.15) is 31.0 Å². The molecule has 0 aliphatic carbocycles. The maximum absolute atomic E-state index is 13.6. The first-order valence-electron chi connectivity index (χ1n) is 7.92. The van der Waals surface area contributed by atoms with E-state index in [0.29, 0.717) is 5.56 Å². The molecule has 2 heterocycles. The quantitative estimate of drug-likeness (QED) is 0.933. The van der Waals surface area contributed by atoms with Gasteiger partial charge in [-0.15, -0.1) is 0 Å². The fourth-order valence-corrected chi connectivity index (χ4v) is 3.21. The third-order valence-electron chi connectivity index (χ3n) is 4.56. The van der Waals surface area contributed by atoms with Gasteiger partial charge >= 0.3 is 0 Å². The van der Waals surface area contributed by atoms with E-state index < -0.39 is 17.7 Å². The molecule has 3 rings (SSSR count). The number of benzene rings is 1. The molecule has 3 unspecified atom stereocenters. The molecule has 1 aliphatic heterocycles. The third-order valence-corrected chi connectivity index (χ3v) is 4.56. The SMILES string of the molecule is CC(C(=O)NC1CCN(C)C1c1ccc(F)c(F)c1)n1cccn1. The number of nitrogens with one attached hydrogen (secondary N) is 1. The molecule has 5 nitrogen and oxygen atoms in total. The standard InChI is InChI=1S/C17H20F2N4O/c1-11(23-8-3-7-20-23)17(24)21-15-6-9-22(2)16(15)12-4-5-13(18)14(19)10-12/h3-5,7-8,10-11,15-16H,6,9H2,1-2H3,(H,21,24). The van der Waals surface area contributed by atoms with Gasteiger partial charge in [-0.1, -0.05) is 6.07 Å². The molecule has 1 fully saturated rings. The Bertz CT molecular complexity index is 719. The molecule has 1 amide bonds. The summed E-state index contributed by atoms with van der Waals surface area (Å²) < 4.78 is 28.3. The average Bonchev–Trinajstić information content (AvgIpc) is 3.20. The van der Waals surface area contributed by atoms with E-state index in [1.165, 1.54) is 6.07 Å².